The Morgan fingerprint density at radius 3 is 2.28 bits per heavy atom. The summed E-state index contributed by atoms with van der Waals surface area (Å²) in [7, 11) is 0. The van der Waals surface area contributed by atoms with E-state index in [1.807, 2.05) is 84.0 Å². The third kappa shape index (κ3) is 14.5. The van der Waals surface area contributed by atoms with Gasteiger partial charge in [-0.15, -0.1) is 0 Å². The number of ether oxygens (including phenoxy) is 1. The number of hydrogen-bond donors (Lipinski definition) is 4. The highest BCUT2D eigenvalue weighted by Gasteiger charge is 2.39. The zero-order valence-electron chi connectivity index (χ0n) is 33.1. The van der Waals surface area contributed by atoms with Crippen LogP contribution in [0.15, 0.2) is 47.5 Å². The van der Waals surface area contributed by atoms with Crippen molar-refractivity contribution in [2.45, 2.75) is 136 Å². The quantitative estimate of drug-likeness (QED) is 0.176. The Hall–Kier alpha value is -3.87. The van der Waals surface area contributed by atoms with Gasteiger partial charge in [-0.1, -0.05) is 95.8 Å². The van der Waals surface area contributed by atoms with Crippen LogP contribution in [0.3, 0.4) is 0 Å². The SMILES string of the molecule is CC[C@H](NC(=O)[C@@H](NC(=O)[C@@H]1CCCN1C(=O)[C@H](/C=C/[C@H](CC(C)C)NC(=O)OC(C)(C)C)Cc1ccccc1)C(C)C)C(=O)NC1=NCCC(C)S1. The van der Waals surface area contributed by atoms with E-state index in [-0.39, 0.29) is 29.7 Å². The van der Waals surface area contributed by atoms with Crippen LogP contribution in [0.2, 0.25) is 0 Å². The first-order chi connectivity index (χ1) is 25.0. The molecule has 6 atom stereocenters. The van der Waals surface area contributed by atoms with Crippen LogP contribution in [-0.2, 0) is 30.3 Å². The van der Waals surface area contributed by atoms with E-state index in [4.69, 9.17) is 4.74 Å². The van der Waals surface area contributed by atoms with Gasteiger partial charge in [0.2, 0.25) is 23.6 Å². The molecule has 2 aliphatic rings. The molecule has 0 spiro atoms. The molecule has 0 aromatic heterocycles. The standard InChI is InChI=1S/C40H62N6O6S/c1-10-31(34(47)45-38-41-21-20-27(6)53-38)43-36(49)33(26(4)5)44-35(48)32-17-14-22-46(32)37(50)29(24-28-15-12-11-13-16-28)18-19-30(23-25(2)3)42-39(51)52-40(7,8)9/h11-13,15-16,18-19,25-27,29-33H,10,14,17,20-24H2,1-9H3,(H,42,51)(H,43,49)(H,44,48)(H,41,45,47)/b19-18+/t27?,29-,30-,31+,32+,33+/m1/s1. The number of alkyl carbamates (subject to hydrolysis) is 1. The molecule has 2 heterocycles. The van der Waals surface area contributed by atoms with Crippen LogP contribution < -0.4 is 21.3 Å². The van der Waals surface area contributed by atoms with Gasteiger partial charge in [0, 0.05) is 18.3 Å². The van der Waals surface area contributed by atoms with E-state index in [0.29, 0.717) is 55.6 Å². The summed E-state index contributed by atoms with van der Waals surface area (Å²) in [6.07, 6.45) is 6.61. The monoisotopic (exact) mass is 754 g/mol. The second-order valence-electron chi connectivity index (χ2n) is 15.8. The molecule has 1 aromatic rings. The summed E-state index contributed by atoms with van der Waals surface area (Å²) >= 11 is 1.50. The number of rotatable bonds is 15. The third-order valence-electron chi connectivity index (χ3n) is 9.08. The lowest BCUT2D eigenvalue weighted by molar-refractivity contribution is -0.141. The molecule has 1 aromatic carbocycles. The highest BCUT2D eigenvalue weighted by atomic mass is 32.2. The number of nitrogens with one attached hydrogen (secondary N) is 4. The van der Waals surface area contributed by atoms with Crippen LogP contribution in [0.5, 0.6) is 0 Å². The Labute approximate surface area is 320 Å². The molecule has 13 heteroatoms. The minimum Gasteiger partial charge on any atom is -0.444 e. The van der Waals surface area contributed by atoms with Gasteiger partial charge in [-0.3, -0.25) is 24.2 Å². The van der Waals surface area contributed by atoms with Crippen molar-refractivity contribution < 1.29 is 28.7 Å². The first kappa shape index (κ1) is 43.5. The van der Waals surface area contributed by atoms with Gasteiger partial charge in [0.25, 0.3) is 0 Å². The topological polar surface area (TPSA) is 158 Å². The molecule has 0 bridgehead atoms. The number of amides is 5. The van der Waals surface area contributed by atoms with Crippen LogP contribution in [0.4, 0.5) is 4.79 Å². The minimum absolute atomic E-state index is 0.200. The van der Waals surface area contributed by atoms with Crippen LogP contribution in [0, 0.1) is 17.8 Å². The van der Waals surface area contributed by atoms with E-state index in [0.717, 1.165) is 12.0 Å². The molecule has 0 saturated carbocycles. The molecule has 12 nitrogen and oxygen atoms in total. The van der Waals surface area contributed by atoms with E-state index < -0.39 is 47.6 Å². The average Bonchev–Trinajstić information content (AvgIpc) is 3.57. The lowest BCUT2D eigenvalue weighted by Crippen LogP contribution is -2.58. The molecule has 1 saturated heterocycles. The lowest BCUT2D eigenvalue weighted by atomic mass is 9.94. The smallest absolute Gasteiger partial charge is 0.408 e. The fourth-order valence-corrected chi connectivity index (χ4v) is 7.27. The van der Waals surface area contributed by atoms with Gasteiger partial charge in [-0.2, -0.15) is 0 Å². The Balaban J connectivity index is 1.77. The lowest BCUT2D eigenvalue weighted by Gasteiger charge is -2.30. The zero-order chi connectivity index (χ0) is 39.3. The molecule has 1 unspecified atom stereocenters. The number of carbonyl (C=O) groups is 5. The number of carbonyl (C=O) groups excluding carboxylic acids is 5. The number of thioether (sulfide) groups is 1. The van der Waals surface area contributed by atoms with Gasteiger partial charge in [0.15, 0.2) is 5.17 Å². The largest absolute Gasteiger partial charge is 0.444 e. The summed E-state index contributed by atoms with van der Waals surface area (Å²) in [6, 6.07) is 6.84. The third-order valence-corrected chi connectivity index (χ3v) is 10.2. The van der Waals surface area contributed by atoms with Crippen LogP contribution >= 0.6 is 11.8 Å². The summed E-state index contributed by atoms with van der Waals surface area (Å²) in [5.74, 6) is -2.05. The Morgan fingerprint density at radius 1 is 0.981 bits per heavy atom. The van der Waals surface area contributed by atoms with Crippen molar-refractivity contribution in [3.63, 3.8) is 0 Å². The summed E-state index contributed by atoms with van der Waals surface area (Å²) < 4.78 is 5.50. The van der Waals surface area contributed by atoms with Gasteiger partial charge < -0.3 is 30.9 Å². The molecule has 1 fully saturated rings. The summed E-state index contributed by atoms with van der Waals surface area (Å²) in [4.78, 5) is 73.6. The normalized spacial score (nSPS) is 20.0. The highest BCUT2D eigenvalue weighted by molar-refractivity contribution is 8.14. The Kier molecular flexibility index (Phi) is 16.9. The van der Waals surface area contributed by atoms with Gasteiger partial charge in [-0.05, 0) is 76.7 Å². The molecular formula is C40H62N6O6S. The molecule has 3 rings (SSSR count). The van der Waals surface area contributed by atoms with Crippen molar-refractivity contribution in [3.05, 3.63) is 48.0 Å². The zero-order valence-corrected chi connectivity index (χ0v) is 33.9. The number of nitrogens with zero attached hydrogens (tertiary/aromatic N) is 2. The van der Waals surface area contributed by atoms with Gasteiger partial charge >= 0.3 is 6.09 Å². The van der Waals surface area contributed by atoms with Crippen molar-refractivity contribution in [2.75, 3.05) is 13.1 Å². The Bertz CT molecular complexity index is 1460. The van der Waals surface area contributed by atoms with E-state index in [2.05, 4.69) is 47.0 Å². The van der Waals surface area contributed by atoms with E-state index in [1.54, 1.807) is 4.90 Å². The van der Waals surface area contributed by atoms with E-state index in [9.17, 15) is 24.0 Å². The molecule has 53 heavy (non-hydrogen) atoms. The molecule has 0 radical (unpaired) electrons. The van der Waals surface area contributed by atoms with Crippen molar-refractivity contribution in [1.29, 1.82) is 0 Å². The number of benzene rings is 1. The first-order valence-corrected chi connectivity index (χ1v) is 20.0. The van der Waals surface area contributed by atoms with Gasteiger partial charge in [0.1, 0.15) is 23.7 Å². The minimum atomic E-state index is -0.918. The fraction of sp³-hybridized carbons (Fsp3) is 0.650. The number of amidine groups is 1. The maximum atomic E-state index is 14.4. The second kappa shape index (κ2) is 20.5. The predicted octanol–water partition coefficient (Wildman–Crippen LogP) is 5.37. The van der Waals surface area contributed by atoms with Crippen LogP contribution in [0.1, 0.15) is 100.0 Å². The van der Waals surface area contributed by atoms with E-state index in [1.165, 1.54) is 11.8 Å². The highest BCUT2D eigenvalue weighted by Crippen LogP contribution is 2.24. The average molecular weight is 755 g/mol. The maximum Gasteiger partial charge on any atom is 0.408 e. The number of hydrogen-bond acceptors (Lipinski definition) is 8. The number of aliphatic imine (C=N–C) groups is 1. The predicted molar refractivity (Wildman–Crippen MR) is 211 cm³/mol. The van der Waals surface area contributed by atoms with Crippen molar-refractivity contribution in [1.82, 2.24) is 26.2 Å². The van der Waals surface area contributed by atoms with Gasteiger partial charge in [0.05, 0.1) is 12.0 Å². The Morgan fingerprint density at radius 2 is 1.68 bits per heavy atom. The fourth-order valence-electron chi connectivity index (χ4n) is 6.34. The molecule has 4 N–H and O–H groups in total. The van der Waals surface area contributed by atoms with Crippen molar-refractivity contribution >= 4 is 46.7 Å². The second-order valence-corrected chi connectivity index (χ2v) is 17.3. The van der Waals surface area contributed by atoms with Crippen LogP contribution in [-0.4, -0.2) is 87.9 Å². The summed E-state index contributed by atoms with van der Waals surface area (Å²) in [5, 5.41) is 12.4. The first-order valence-electron chi connectivity index (χ1n) is 19.1. The van der Waals surface area contributed by atoms with E-state index >= 15 is 0 Å². The molecule has 0 aliphatic carbocycles. The molecular weight excluding hydrogens is 693 g/mol. The molecule has 2 aliphatic heterocycles. The maximum absolute atomic E-state index is 14.4. The van der Waals surface area contributed by atoms with Crippen LogP contribution in [0.25, 0.3) is 0 Å². The number of likely N-dealkylation sites (tertiary alicyclic amines) is 1. The van der Waals surface area contributed by atoms with Gasteiger partial charge in [-0.25, -0.2) is 4.79 Å². The summed E-state index contributed by atoms with van der Waals surface area (Å²) in [6.45, 7) is 18.1. The summed E-state index contributed by atoms with van der Waals surface area (Å²) in [5.41, 5.74) is 0.308. The van der Waals surface area contributed by atoms with Crippen molar-refractivity contribution in [3.8, 4) is 0 Å². The molecule has 294 valence electrons. The van der Waals surface area contributed by atoms with Crippen molar-refractivity contribution in [2.24, 2.45) is 22.7 Å². The molecule has 5 amide bonds.